The Kier molecular flexibility index (Phi) is 3.16. The molecule has 0 bridgehead atoms. The average molecular weight is 128 g/mol. The minimum Gasteiger partial charge on any atom is -0.372 e. The van der Waals surface area contributed by atoms with Crippen LogP contribution in [0.2, 0.25) is 0 Å². The molecule has 5 nitrogen and oxygen atoms in total. The third kappa shape index (κ3) is 4.58. The minimum atomic E-state index is -0.870. The molecule has 0 spiro atoms. The molecule has 0 rings (SSSR count). The van der Waals surface area contributed by atoms with Gasteiger partial charge in [0.25, 0.3) is 0 Å². The Morgan fingerprint density at radius 2 is 2.56 bits per heavy atom. The fourth-order valence-corrected chi connectivity index (χ4v) is 0.291. The van der Waals surface area contributed by atoms with E-state index in [-0.39, 0.29) is 5.96 Å². The van der Waals surface area contributed by atoms with Gasteiger partial charge in [-0.3, -0.25) is 5.32 Å². The number of nitrogens with zero attached hydrogens (tertiary/aromatic N) is 2. The molecule has 1 unspecified atom stereocenters. The monoisotopic (exact) mass is 128 g/mol. The highest BCUT2D eigenvalue weighted by atomic mass is 16.3. The Labute approximate surface area is 52.8 Å². The lowest BCUT2D eigenvalue weighted by atomic mass is 10.7. The molecule has 0 aromatic carbocycles. The van der Waals surface area contributed by atoms with Crippen molar-refractivity contribution in [3.8, 4) is 6.19 Å². The molecular weight excluding hydrogens is 120 g/mol. The lowest BCUT2D eigenvalue weighted by Crippen LogP contribution is -2.28. The zero-order valence-electron chi connectivity index (χ0n) is 5.00. The van der Waals surface area contributed by atoms with E-state index in [1.807, 2.05) is 0 Å². The van der Waals surface area contributed by atoms with Crippen molar-refractivity contribution in [1.29, 1.82) is 5.26 Å². The van der Waals surface area contributed by atoms with Crippen molar-refractivity contribution in [3.63, 3.8) is 0 Å². The summed E-state index contributed by atoms with van der Waals surface area (Å²) < 4.78 is 0. The van der Waals surface area contributed by atoms with E-state index in [1.165, 1.54) is 6.92 Å². The van der Waals surface area contributed by atoms with Crippen LogP contribution in [0.5, 0.6) is 0 Å². The predicted molar refractivity (Wildman–Crippen MR) is 32.1 cm³/mol. The second-order valence-corrected chi connectivity index (χ2v) is 1.38. The molecule has 0 saturated heterocycles. The van der Waals surface area contributed by atoms with Crippen LogP contribution in [0.4, 0.5) is 0 Å². The van der Waals surface area contributed by atoms with E-state index < -0.39 is 6.23 Å². The molecule has 0 aliphatic heterocycles. The average Bonchev–Trinajstić information content (AvgIpc) is 1.63. The smallest absolute Gasteiger partial charge is 0.204 e. The van der Waals surface area contributed by atoms with Crippen LogP contribution in [0.15, 0.2) is 4.99 Å². The fourth-order valence-electron chi connectivity index (χ4n) is 0.291. The summed E-state index contributed by atoms with van der Waals surface area (Å²) in [5.41, 5.74) is 5.04. The Morgan fingerprint density at radius 1 is 2.00 bits per heavy atom. The maximum absolute atomic E-state index is 8.53. The quantitative estimate of drug-likeness (QED) is 0.177. The molecule has 0 amide bonds. The highest BCUT2D eigenvalue weighted by Gasteiger charge is 1.90. The fraction of sp³-hybridized carbons (Fsp3) is 0.500. The molecule has 50 valence electrons. The molecular formula is C4H8N4O. The normalized spacial score (nSPS) is 14.1. The number of rotatable bonds is 1. The van der Waals surface area contributed by atoms with Crippen LogP contribution < -0.4 is 11.1 Å². The zero-order valence-corrected chi connectivity index (χ0v) is 5.00. The molecule has 4 N–H and O–H groups in total. The highest BCUT2D eigenvalue weighted by molar-refractivity contribution is 5.79. The summed E-state index contributed by atoms with van der Waals surface area (Å²) in [4.78, 5) is 3.38. The van der Waals surface area contributed by atoms with Crippen molar-refractivity contribution in [2.24, 2.45) is 10.7 Å². The first-order valence-corrected chi connectivity index (χ1v) is 2.33. The third-order valence-corrected chi connectivity index (χ3v) is 0.510. The van der Waals surface area contributed by atoms with Gasteiger partial charge in [0.15, 0.2) is 6.19 Å². The Hall–Kier alpha value is -1.28. The lowest BCUT2D eigenvalue weighted by molar-refractivity contribution is 0.205. The van der Waals surface area contributed by atoms with E-state index in [4.69, 9.17) is 16.1 Å². The molecule has 0 saturated carbocycles. The number of nitrogens with two attached hydrogens (primary N) is 1. The van der Waals surface area contributed by atoms with Gasteiger partial charge in [-0.1, -0.05) is 0 Å². The molecule has 0 fully saturated rings. The van der Waals surface area contributed by atoms with Crippen molar-refractivity contribution in [3.05, 3.63) is 0 Å². The minimum absolute atomic E-state index is 0.0764. The van der Waals surface area contributed by atoms with Crippen molar-refractivity contribution in [2.45, 2.75) is 13.2 Å². The SMILES string of the molecule is CC(O)/N=C(\N)NC#N. The van der Waals surface area contributed by atoms with Gasteiger partial charge in [-0.15, -0.1) is 0 Å². The van der Waals surface area contributed by atoms with E-state index in [0.29, 0.717) is 0 Å². The number of aliphatic hydroxyl groups excluding tert-OH is 1. The summed E-state index contributed by atoms with van der Waals surface area (Å²) in [7, 11) is 0. The van der Waals surface area contributed by atoms with Gasteiger partial charge in [-0.05, 0) is 6.92 Å². The third-order valence-electron chi connectivity index (χ3n) is 0.510. The maximum Gasteiger partial charge on any atom is 0.204 e. The number of guanidine groups is 1. The second kappa shape index (κ2) is 3.69. The molecule has 0 aromatic heterocycles. The van der Waals surface area contributed by atoms with Gasteiger partial charge in [0.05, 0.1) is 0 Å². The van der Waals surface area contributed by atoms with Crippen molar-refractivity contribution in [1.82, 2.24) is 5.32 Å². The zero-order chi connectivity index (χ0) is 7.28. The Balaban J connectivity index is 3.72. The van der Waals surface area contributed by atoms with E-state index >= 15 is 0 Å². The number of nitrogens with one attached hydrogen (secondary N) is 1. The van der Waals surface area contributed by atoms with Crippen LogP contribution in [-0.4, -0.2) is 17.3 Å². The number of aliphatic hydroxyl groups is 1. The van der Waals surface area contributed by atoms with Gasteiger partial charge in [-0.25, -0.2) is 4.99 Å². The largest absolute Gasteiger partial charge is 0.372 e. The Morgan fingerprint density at radius 3 is 2.89 bits per heavy atom. The van der Waals surface area contributed by atoms with Crippen molar-refractivity contribution < 1.29 is 5.11 Å². The van der Waals surface area contributed by atoms with Gasteiger partial charge in [0, 0.05) is 0 Å². The van der Waals surface area contributed by atoms with Gasteiger partial charge in [0.1, 0.15) is 6.23 Å². The van der Waals surface area contributed by atoms with Crippen LogP contribution >= 0.6 is 0 Å². The molecule has 1 atom stereocenters. The van der Waals surface area contributed by atoms with Crippen LogP contribution in [0.3, 0.4) is 0 Å². The van der Waals surface area contributed by atoms with E-state index in [1.54, 1.807) is 6.19 Å². The van der Waals surface area contributed by atoms with Gasteiger partial charge >= 0.3 is 0 Å². The van der Waals surface area contributed by atoms with Gasteiger partial charge in [0.2, 0.25) is 5.96 Å². The van der Waals surface area contributed by atoms with E-state index in [9.17, 15) is 0 Å². The number of hydrogen-bond acceptors (Lipinski definition) is 3. The summed E-state index contributed by atoms with van der Waals surface area (Å²) in [6.45, 7) is 1.44. The number of aliphatic imine (C=N–C) groups is 1. The van der Waals surface area contributed by atoms with E-state index in [0.717, 1.165) is 0 Å². The summed E-state index contributed by atoms with van der Waals surface area (Å²) in [6, 6.07) is 0. The van der Waals surface area contributed by atoms with Crippen molar-refractivity contribution in [2.75, 3.05) is 0 Å². The first-order valence-electron chi connectivity index (χ1n) is 2.33. The molecule has 0 aliphatic carbocycles. The van der Waals surface area contributed by atoms with Gasteiger partial charge in [-0.2, -0.15) is 5.26 Å². The standard InChI is InChI=1S/C4H8N4O/c1-3(9)8-4(6)7-2-5/h3,9H,1H3,(H3,6,7,8). The summed E-state index contributed by atoms with van der Waals surface area (Å²) >= 11 is 0. The molecule has 0 heterocycles. The molecule has 0 aliphatic rings. The van der Waals surface area contributed by atoms with E-state index in [2.05, 4.69) is 10.3 Å². The number of nitriles is 1. The lowest BCUT2D eigenvalue weighted by Gasteiger charge is -1.96. The number of hydrogen-bond donors (Lipinski definition) is 3. The maximum atomic E-state index is 8.53. The van der Waals surface area contributed by atoms with Crippen LogP contribution in [0.25, 0.3) is 0 Å². The topological polar surface area (TPSA) is 94.4 Å². The van der Waals surface area contributed by atoms with Gasteiger partial charge < -0.3 is 10.8 Å². The van der Waals surface area contributed by atoms with Crippen LogP contribution in [0.1, 0.15) is 6.92 Å². The first kappa shape index (κ1) is 7.72. The van der Waals surface area contributed by atoms with Crippen LogP contribution in [-0.2, 0) is 0 Å². The summed E-state index contributed by atoms with van der Waals surface area (Å²) in [5, 5.41) is 18.5. The second-order valence-electron chi connectivity index (χ2n) is 1.38. The van der Waals surface area contributed by atoms with Crippen molar-refractivity contribution >= 4 is 5.96 Å². The molecule has 0 radical (unpaired) electrons. The Bertz CT molecular complexity index is 145. The van der Waals surface area contributed by atoms with Crippen LogP contribution in [0, 0.1) is 11.5 Å². The highest BCUT2D eigenvalue weighted by Crippen LogP contribution is 1.77. The summed E-state index contributed by atoms with van der Waals surface area (Å²) in [6.07, 6.45) is 0.686. The first-order chi connectivity index (χ1) is 4.16. The summed E-state index contributed by atoms with van der Waals surface area (Å²) in [5.74, 6) is -0.0764. The molecule has 0 aromatic rings. The predicted octanol–water partition coefficient (Wildman–Crippen LogP) is -1.29. The molecule has 5 heteroatoms. The molecule has 9 heavy (non-hydrogen) atoms.